The van der Waals surface area contributed by atoms with E-state index in [1.165, 1.54) is 3.57 Å². The maximum atomic E-state index is 11.8. The van der Waals surface area contributed by atoms with Crippen LogP contribution in [0.15, 0.2) is 36.7 Å². The van der Waals surface area contributed by atoms with Crippen LogP contribution in [0.3, 0.4) is 0 Å². The summed E-state index contributed by atoms with van der Waals surface area (Å²) in [6.07, 6.45) is 3.66. The van der Waals surface area contributed by atoms with E-state index in [4.69, 9.17) is 4.74 Å². The van der Waals surface area contributed by atoms with Crippen molar-refractivity contribution in [2.45, 2.75) is 6.92 Å². The molecule has 6 heteroatoms. The van der Waals surface area contributed by atoms with Crippen LogP contribution in [0.1, 0.15) is 17.4 Å². The lowest BCUT2D eigenvalue weighted by molar-refractivity contribution is 0.0515. The summed E-state index contributed by atoms with van der Waals surface area (Å²) in [5.74, 6) is 0.382. The normalized spacial score (nSPS) is 11.0. The molecule has 0 aliphatic carbocycles. The Labute approximate surface area is 135 Å². The Balaban J connectivity index is 2.02. The van der Waals surface area contributed by atoms with E-state index in [0.29, 0.717) is 18.1 Å². The number of rotatable bonds is 3. The van der Waals surface area contributed by atoms with Crippen molar-refractivity contribution in [1.29, 1.82) is 0 Å². The molecule has 0 spiro atoms. The van der Waals surface area contributed by atoms with Crippen LogP contribution >= 0.6 is 22.6 Å². The van der Waals surface area contributed by atoms with Gasteiger partial charge in [-0.25, -0.2) is 9.78 Å². The smallest absolute Gasteiger partial charge is 0.356 e. The van der Waals surface area contributed by atoms with Crippen molar-refractivity contribution in [2.75, 3.05) is 6.61 Å². The molecular formula is C15H14IN3O2. The molecule has 0 amide bonds. The average Bonchev–Trinajstić information content (AvgIpc) is 3.00. The first kappa shape index (κ1) is 14.1. The van der Waals surface area contributed by atoms with Crippen molar-refractivity contribution >= 4 is 34.3 Å². The molecule has 0 atom stereocenters. The summed E-state index contributed by atoms with van der Waals surface area (Å²) in [7, 11) is 1.81. The zero-order chi connectivity index (χ0) is 15.0. The van der Waals surface area contributed by atoms with Crippen molar-refractivity contribution in [1.82, 2.24) is 14.0 Å². The lowest BCUT2D eigenvalue weighted by Crippen LogP contribution is -2.09. The minimum atomic E-state index is -0.332. The molecule has 5 nitrogen and oxygen atoms in total. The summed E-state index contributed by atoms with van der Waals surface area (Å²) >= 11 is 2.27. The van der Waals surface area contributed by atoms with Gasteiger partial charge in [0.05, 0.1) is 12.3 Å². The van der Waals surface area contributed by atoms with Crippen molar-refractivity contribution < 1.29 is 9.53 Å². The lowest BCUT2D eigenvalue weighted by Gasteiger charge is -2.01. The highest BCUT2D eigenvalue weighted by molar-refractivity contribution is 14.1. The number of hydrogen-bond donors (Lipinski definition) is 0. The van der Waals surface area contributed by atoms with E-state index >= 15 is 0 Å². The zero-order valence-electron chi connectivity index (χ0n) is 11.7. The predicted octanol–water partition coefficient (Wildman–Crippen LogP) is 3.12. The molecule has 0 fully saturated rings. The molecule has 2 heterocycles. The van der Waals surface area contributed by atoms with E-state index in [2.05, 4.69) is 27.6 Å². The van der Waals surface area contributed by atoms with Gasteiger partial charge in [0.15, 0.2) is 0 Å². The van der Waals surface area contributed by atoms with Gasteiger partial charge in [0.25, 0.3) is 0 Å². The largest absolute Gasteiger partial charge is 0.461 e. The monoisotopic (exact) mass is 395 g/mol. The van der Waals surface area contributed by atoms with Gasteiger partial charge >= 0.3 is 5.97 Å². The molecule has 2 aromatic heterocycles. The molecule has 0 aliphatic rings. The molecule has 0 unspecified atom stereocenters. The van der Waals surface area contributed by atoms with E-state index in [9.17, 15) is 4.79 Å². The van der Waals surface area contributed by atoms with Crippen LogP contribution in [-0.4, -0.2) is 26.5 Å². The van der Waals surface area contributed by atoms with Gasteiger partial charge in [-0.1, -0.05) is 12.1 Å². The summed E-state index contributed by atoms with van der Waals surface area (Å²) in [4.78, 5) is 16.4. The first-order chi connectivity index (χ1) is 10.1. The van der Waals surface area contributed by atoms with E-state index in [1.54, 1.807) is 17.7 Å². The first-order valence-electron chi connectivity index (χ1n) is 6.57. The van der Waals surface area contributed by atoms with Crippen LogP contribution in [0.4, 0.5) is 0 Å². The van der Waals surface area contributed by atoms with E-state index in [0.717, 1.165) is 11.3 Å². The first-order valence-corrected chi connectivity index (χ1v) is 7.65. The molecule has 0 saturated heterocycles. The van der Waals surface area contributed by atoms with Crippen molar-refractivity contribution in [3.05, 3.63) is 45.9 Å². The SMILES string of the molecule is CCOC(=O)c1cn2cc(-c3ccc(I)cc3)nc2n1C. The van der Waals surface area contributed by atoms with Gasteiger partial charge in [-0.15, -0.1) is 0 Å². The fraction of sp³-hybridized carbons (Fsp3) is 0.200. The molecule has 0 N–H and O–H groups in total. The number of carbonyl (C=O) groups is 1. The number of imidazole rings is 2. The minimum Gasteiger partial charge on any atom is -0.461 e. The fourth-order valence-electron chi connectivity index (χ4n) is 2.21. The average molecular weight is 395 g/mol. The molecule has 0 aliphatic heterocycles. The van der Waals surface area contributed by atoms with E-state index in [-0.39, 0.29) is 5.97 Å². The molecular weight excluding hydrogens is 381 g/mol. The summed E-state index contributed by atoms with van der Waals surface area (Å²) in [5.41, 5.74) is 2.43. The Kier molecular flexibility index (Phi) is 3.71. The topological polar surface area (TPSA) is 48.5 Å². The third-order valence-electron chi connectivity index (χ3n) is 3.26. The Morgan fingerprint density at radius 1 is 1.29 bits per heavy atom. The van der Waals surface area contributed by atoms with Crippen molar-refractivity contribution in [3.8, 4) is 11.3 Å². The van der Waals surface area contributed by atoms with Gasteiger partial charge in [-0.05, 0) is 41.6 Å². The molecule has 21 heavy (non-hydrogen) atoms. The number of carbonyl (C=O) groups excluding carboxylic acids is 1. The Morgan fingerprint density at radius 3 is 2.62 bits per heavy atom. The molecule has 0 saturated carbocycles. The highest BCUT2D eigenvalue weighted by atomic mass is 127. The van der Waals surface area contributed by atoms with Gasteiger partial charge < -0.3 is 9.30 Å². The molecule has 108 valence electrons. The number of esters is 1. The Morgan fingerprint density at radius 2 is 2.00 bits per heavy atom. The van der Waals surface area contributed by atoms with Crippen LogP contribution < -0.4 is 0 Å². The van der Waals surface area contributed by atoms with Gasteiger partial charge in [-0.2, -0.15) is 0 Å². The van der Waals surface area contributed by atoms with Crippen LogP contribution in [0.25, 0.3) is 17.0 Å². The van der Waals surface area contributed by atoms with Gasteiger partial charge in [0.2, 0.25) is 5.78 Å². The van der Waals surface area contributed by atoms with Crippen LogP contribution in [-0.2, 0) is 11.8 Å². The number of nitrogens with zero attached hydrogens (tertiary/aromatic N) is 3. The summed E-state index contributed by atoms with van der Waals surface area (Å²) in [6.45, 7) is 2.15. The molecule has 1 aromatic carbocycles. The highest BCUT2D eigenvalue weighted by Gasteiger charge is 2.16. The maximum Gasteiger partial charge on any atom is 0.356 e. The van der Waals surface area contributed by atoms with Gasteiger partial charge in [0, 0.05) is 28.6 Å². The molecule has 0 radical (unpaired) electrons. The zero-order valence-corrected chi connectivity index (χ0v) is 13.9. The van der Waals surface area contributed by atoms with E-state index < -0.39 is 0 Å². The second-order valence-electron chi connectivity index (χ2n) is 4.63. The van der Waals surface area contributed by atoms with Crippen molar-refractivity contribution in [3.63, 3.8) is 0 Å². The maximum absolute atomic E-state index is 11.8. The molecule has 3 rings (SSSR count). The van der Waals surface area contributed by atoms with Gasteiger partial charge in [-0.3, -0.25) is 4.40 Å². The van der Waals surface area contributed by atoms with Crippen LogP contribution in [0, 0.1) is 3.57 Å². The minimum absolute atomic E-state index is 0.332. The van der Waals surface area contributed by atoms with Crippen LogP contribution in [0.2, 0.25) is 0 Å². The number of fused-ring (bicyclic) bond motifs is 1. The second-order valence-corrected chi connectivity index (χ2v) is 5.88. The van der Waals surface area contributed by atoms with Gasteiger partial charge in [0.1, 0.15) is 5.69 Å². The van der Waals surface area contributed by atoms with Crippen LogP contribution in [0.5, 0.6) is 0 Å². The lowest BCUT2D eigenvalue weighted by atomic mass is 10.2. The quantitative estimate of drug-likeness (QED) is 0.506. The predicted molar refractivity (Wildman–Crippen MR) is 88.3 cm³/mol. The number of hydrogen-bond acceptors (Lipinski definition) is 3. The number of halogens is 1. The fourth-order valence-corrected chi connectivity index (χ4v) is 2.57. The Hall–Kier alpha value is -1.83. The summed E-state index contributed by atoms with van der Waals surface area (Å²) in [5, 5.41) is 0. The Bertz CT molecular complexity index is 802. The molecule has 3 aromatic rings. The summed E-state index contributed by atoms with van der Waals surface area (Å²) < 4.78 is 9.81. The summed E-state index contributed by atoms with van der Waals surface area (Å²) in [6, 6.07) is 8.17. The third-order valence-corrected chi connectivity index (χ3v) is 3.98. The number of aromatic nitrogens is 3. The highest BCUT2D eigenvalue weighted by Crippen LogP contribution is 2.21. The third kappa shape index (κ3) is 2.55. The number of ether oxygens (including phenoxy) is 1. The standard InChI is InChI=1S/C15H14IN3O2/c1-3-21-14(20)13-9-19-8-12(17-15(19)18(13)2)10-4-6-11(16)7-5-10/h4-9H,3H2,1-2H3. The van der Waals surface area contributed by atoms with Crippen molar-refractivity contribution in [2.24, 2.45) is 7.05 Å². The number of benzene rings is 1. The molecule has 0 bridgehead atoms. The second kappa shape index (κ2) is 5.51. The number of aryl methyl sites for hydroxylation is 1. The van der Waals surface area contributed by atoms with E-state index in [1.807, 2.05) is 41.9 Å².